The van der Waals surface area contributed by atoms with E-state index in [1.165, 1.54) is 19.4 Å². The summed E-state index contributed by atoms with van der Waals surface area (Å²) in [4.78, 5) is 29.5. The van der Waals surface area contributed by atoms with Crippen LogP contribution in [0.1, 0.15) is 15.9 Å². The first-order valence-corrected chi connectivity index (χ1v) is 8.27. The number of amides is 1. The van der Waals surface area contributed by atoms with E-state index in [2.05, 4.69) is 20.2 Å². The molecular weight excluding hydrogens is 373 g/mol. The topological polar surface area (TPSA) is 73.3 Å². The van der Waals surface area contributed by atoms with E-state index < -0.39 is 11.7 Å². The summed E-state index contributed by atoms with van der Waals surface area (Å²) in [6.07, 6.45) is 3.89. The Morgan fingerprint density at radius 3 is 2.78 bits per heavy atom. The molecule has 0 aliphatic carbocycles. The van der Waals surface area contributed by atoms with Crippen LogP contribution in [0.25, 0.3) is 11.1 Å². The van der Waals surface area contributed by atoms with Gasteiger partial charge in [0.1, 0.15) is 12.4 Å². The van der Waals surface area contributed by atoms with Gasteiger partial charge in [-0.1, -0.05) is 17.7 Å². The summed E-state index contributed by atoms with van der Waals surface area (Å²) >= 11 is 6.27. The maximum absolute atomic E-state index is 13.6. The summed E-state index contributed by atoms with van der Waals surface area (Å²) in [6.45, 7) is 0.278. The van der Waals surface area contributed by atoms with E-state index >= 15 is 0 Å². The van der Waals surface area contributed by atoms with E-state index in [0.29, 0.717) is 5.02 Å². The van der Waals surface area contributed by atoms with Crippen molar-refractivity contribution in [3.63, 3.8) is 0 Å². The molecule has 1 aromatic carbocycles. The summed E-state index contributed by atoms with van der Waals surface area (Å²) in [5.74, 6) is -1.02. The molecule has 1 amide bonds. The van der Waals surface area contributed by atoms with Gasteiger partial charge in [0.25, 0.3) is 5.91 Å². The molecule has 138 valence electrons. The zero-order valence-corrected chi connectivity index (χ0v) is 15.0. The van der Waals surface area contributed by atoms with Crippen molar-refractivity contribution in [2.24, 2.45) is 0 Å². The van der Waals surface area contributed by atoms with Gasteiger partial charge < -0.3 is 5.32 Å². The molecule has 8 heteroatoms. The SMILES string of the molecule is COOCc1ccc(Cl)c(-c2ccc(NC(=O)c3ccncc3F)nc2)c1. The molecular formula is C19H15ClFN3O3. The maximum Gasteiger partial charge on any atom is 0.259 e. The molecule has 0 bridgehead atoms. The number of carbonyl (C=O) groups is 1. The lowest BCUT2D eigenvalue weighted by molar-refractivity contribution is -0.282. The number of benzene rings is 1. The normalized spacial score (nSPS) is 10.6. The van der Waals surface area contributed by atoms with Gasteiger partial charge >= 0.3 is 0 Å². The van der Waals surface area contributed by atoms with Crippen molar-refractivity contribution in [1.82, 2.24) is 9.97 Å². The predicted molar refractivity (Wildman–Crippen MR) is 98.6 cm³/mol. The van der Waals surface area contributed by atoms with Crippen molar-refractivity contribution < 1.29 is 19.0 Å². The highest BCUT2D eigenvalue weighted by molar-refractivity contribution is 6.33. The summed E-state index contributed by atoms with van der Waals surface area (Å²) in [7, 11) is 1.44. The molecule has 27 heavy (non-hydrogen) atoms. The summed E-state index contributed by atoms with van der Waals surface area (Å²) in [6, 6.07) is 10.1. The van der Waals surface area contributed by atoms with E-state index in [-0.39, 0.29) is 18.0 Å². The summed E-state index contributed by atoms with van der Waals surface area (Å²) < 4.78 is 13.6. The fraction of sp³-hybridized carbons (Fsp3) is 0.105. The van der Waals surface area contributed by atoms with Crippen LogP contribution in [-0.2, 0) is 16.4 Å². The molecule has 2 heterocycles. The zero-order valence-electron chi connectivity index (χ0n) is 14.3. The number of carbonyl (C=O) groups excluding carboxylic acids is 1. The third-order valence-electron chi connectivity index (χ3n) is 3.71. The minimum Gasteiger partial charge on any atom is -0.306 e. The number of anilines is 1. The quantitative estimate of drug-likeness (QED) is 0.505. The molecule has 0 saturated heterocycles. The number of rotatable bonds is 6. The molecule has 2 aromatic heterocycles. The van der Waals surface area contributed by atoms with E-state index in [1.54, 1.807) is 24.4 Å². The molecule has 3 aromatic rings. The predicted octanol–water partition coefficient (Wildman–Crippen LogP) is 4.27. The van der Waals surface area contributed by atoms with E-state index in [4.69, 9.17) is 16.5 Å². The Morgan fingerprint density at radius 1 is 1.22 bits per heavy atom. The van der Waals surface area contributed by atoms with Gasteiger partial charge in [0.15, 0.2) is 5.82 Å². The number of nitrogens with zero attached hydrogens (tertiary/aromatic N) is 2. The van der Waals surface area contributed by atoms with Gasteiger partial charge in [0.2, 0.25) is 0 Å². The summed E-state index contributed by atoms with van der Waals surface area (Å²) in [5, 5.41) is 3.09. The molecule has 0 aliphatic rings. The molecule has 3 rings (SSSR count). The fourth-order valence-electron chi connectivity index (χ4n) is 2.38. The van der Waals surface area contributed by atoms with Gasteiger partial charge in [-0.2, -0.15) is 0 Å². The first kappa shape index (κ1) is 18.9. The van der Waals surface area contributed by atoms with Crippen LogP contribution < -0.4 is 5.32 Å². The van der Waals surface area contributed by atoms with Crippen LogP contribution in [0.3, 0.4) is 0 Å². The second-order valence-electron chi connectivity index (χ2n) is 5.48. The highest BCUT2D eigenvalue weighted by Gasteiger charge is 2.12. The van der Waals surface area contributed by atoms with Crippen molar-refractivity contribution in [2.75, 3.05) is 12.4 Å². The molecule has 6 nitrogen and oxygen atoms in total. The monoisotopic (exact) mass is 387 g/mol. The fourth-order valence-corrected chi connectivity index (χ4v) is 2.61. The van der Waals surface area contributed by atoms with E-state index in [0.717, 1.165) is 22.9 Å². The standard InChI is InChI=1S/C19H15ClFN3O3/c1-26-27-11-12-2-4-16(20)15(8-12)13-3-5-18(23-9-13)24-19(25)14-6-7-22-10-17(14)21/h2-10H,11H2,1H3,(H,23,24,25). The Labute approximate surface area is 159 Å². The lowest BCUT2D eigenvalue weighted by Gasteiger charge is -2.09. The van der Waals surface area contributed by atoms with Gasteiger partial charge in [-0.3, -0.25) is 9.78 Å². The maximum atomic E-state index is 13.6. The molecule has 0 atom stereocenters. The number of pyridine rings is 2. The minimum atomic E-state index is -0.700. The number of hydrogen-bond acceptors (Lipinski definition) is 5. The molecule has 0 radical (unpaired) electrons. The molecule has 0 fully saturated rings. The molecule has 0 spiro atoms. The molecule has 0 unspecified atom stereocenters. The van der Waals surface area contributed by atoms with Crippen LogP contribution in [0, 0.1) is 5.82 Å². The lowest BCUT2D eigenvalue weighted by Crippen LogP contribution is -2.14. The minimum absolute atomic E-state index is 0.107. The molecule has 1 N–H and O–H groups in total. The highest BCUT2D eigenvalue weighted by Crippen LogP contribution is 2.29. The average Bonchev–Trinajstić information content (AvgIpc) is 2.68. The average molecular weight is 388 g/mol. The van der Waals surface area contributed by atoms with Crippen LogP contribution in [0.15, 0.2) is 55.0 Å². The second kappa shape index (κ2) is 8.68. The zero-order chi connectivity index (χ0) is 19.2. The van der Waals surface area contributed by atoms with Crippen molar-refractivity contribution in [3.05, 3.63) is 77.0 Å². The second-order valence-corrected chi connectivity index (χ2v) is 5.89. The van der Waals surface area contributed by atoms with Gasteiger partial charge in [-0.05, 0) is 35.9 Å². The van der Waals surface area contributed by atoms with Crippen LogP contribution >= 0.6 is 11.6 Å². The Bertz CT molecular complexity index is 951. The van der Waals surface area contributed by atoms with E-state index in [1.807, 2.05) is 12.1 Å². The van der Waals surface area contributed by atoms with Gasteiger partial charge in [-0.25, -0.2) is 19.1 Å². The molecule has 0 saturated carbocycles. The lowest BCUT2D eigenvalue weighted by atomic mass is 10.0. The van der Waals surface area contributed by atoms with Crippen LogP contribution in [0.2, 0.25) is 5.02 Å². The largest absolute Gasteiger partial charge is 0.306 e. The Morgan fingerprint density at radius 2 is 2.07 bits per heavy atom. The van der Waals surface area contributed by atoms with Crippen LogP contribution in [-0.4, -0.2) is 23.0 Å². The van der Waals surface area contributed by atoms with Crippen molar-refractivity contribution in [2.45, 2.75) is 6.61 Å². The number of nitrogens with one attached hydrogen (secondary N) is 1. The van der Waals surface area contributed by atoms with E-state index in [9.17, 15) is 9.18 Å². The Balaban J connectivity index is 1.77. The van der Waals surface area contributed by atoms with Gasteiger partial charge in [0, 0.05) is 28.5 Å². The van der Waals surface area contributed by atoms with Crippen molar-refractivity contribution >= 4 is 23.3 Å². The first-order valence-electron chi connectivity index (χ1n) is 7.90. The van der Waals surface area contributed by atoms with Crippen molar-refractivity contribution in [1.29, 1.82) is 0 Å². The Hall–Kier alpha value is -2.87. The number of halogens is 2. The molecule has 0 aliphatic heterocycles. The van der Waals surface area contributed by atoms with Gasteiger partial charge in [0.05, 0.1) is 18.9 Å². The van der Waals surface area contributed by atoms with Gasteiger partial charge in [-0.15, -0.1) is 0 Å². The third kappa shape index (κ3) is 4.65. The number of hydrogen-bond donors (Lipinski definition) is 1. The smallest absolute Gasteiger partial charge is 0.259 e. The summed E-state index contributed by atoms with van der Waals surface area (Å²) in [5.41, 5.74) is 2.29. The van der Waals surface area contributed by atoms with Crippen LogP contribution in [0.5, 0.6) is 0 Å². The Kier molecular flexibility index (Phi) is 6.08. The van der Waals surface area contributed by atoms with Crippen molar-refractivity contribution in [3.8, 4) is 11.1 Å². The highest BCUT2D eigenvalue weighted by atomic mass is 35.5. The third-order valence-corrected chi connectivity index (χ3v) is 4.04. The number of aromatic nitrogens is 2. The first-order chi connectivity index (χ1) is 13.1. The van der Waals surface area contributed by atoms with Crippen LogP contribution in [0.4, 0.5) is 10.2 Å².